The number of allylic oxidation sites excluding steroid dienone is 1. The second-order valence-electron chi connectivity index (χ2n) is 6.55. The summed E-state index contributed by atoms with van der Waals surface area (Å²) in [4.78, 5) is 36.2. The quantitative estimate of drug-likeness (QED) is 0.479. The molecule has 31 heavy (non-hydrogen) atoms. The Morgan fingerprint density at radius 1 is 1.10 bits per heavy atom. The van der Waals surface area contributed by atoms with Crippen LogP contribution in [0.2, 0.25) is 0 Å². The molecule has 2 aromatic rings. The van der Waals surface area contributed by atoms with Gasteiger partial charge in [0.25, 0.3) is 5.91 Å². The Labute approximate surface area is 177 Å². The van der Waals surface area contributed by atoms with E-state index < -0.39 is 23.6 Å². The van der Waals surface area contributed by atoms with Gasteiger partial charge in [0.05, 0.1) is 18.2 Å². The van der Waals surface area contributed by atoms with E-state index in [1.807, 2.05) is 0 Å². The Balaban J connectivity index is 2.24. The minimum atomic E-state index is -4.59. The van der Waals surface area contributed by atoms with E-state index >= 15 is 0 Å². The highest BCUT2D eigenvalue weighted by Crippen LogP contribution is 2.29. The predicted octanol–water partition coefficient (Wildman–Crippen LogP) is 4.33. The number of methoxy groups -OCH3 is 1. The molecule has 0 aliphatic rings. The van der Waals surface area contributed by atoms with E-state index in [9.17, 15) is 27.6 Å². The van der Waals surface area contributed by atoms with Gasteiger partial charge >= 0.3 is 12.1 Å². The molecule has 164 valence electrons. The van der Waals surface area contributed by atoms with Gasteiger partial charge in [-0.2, -0.15) is 13.2 Å². The molecule has 2 aromatic carbocycles. The molecular weight excluding hydrogens is 413 g/mol. The minimum Gasteiger partial charge on any atom is -0.465 e. The molecule has 0 aliphatic heterocycles. The first-order valence-corrected chi connectivity index (χ1v) is 9.22. The number of nitrogens with one attached hydrogen (secondary N) is 2. The molecule has 0 atom stereocenters. The first kappa shape index (κ1) is 23.7. The first-order chi connectivity index (χ1) is 14.6. The van der Waals surface area contributed by atoms with Crippen LogP contribution >= 0.6 is 0 Å². The van der Waals surface area contributed by atoms with E-state index in [1.54, 1.807) is 6.08 Å². The number of hydrogen-bond acceptors (Lipinski definition) is 4. The van der Waals surface area contributed by atoms with Gasteiger partial charge in [0.15, 0.2) is 0 Å². The van der Waals surface area contributed by atoms with Crippen molar-refractivity contribution in [3.05, 3.63) is 77.4 Å². The summed E-state index contributed by atoms with van der Waals surface area (Å²) in [6.45, 7) is 3.62. The Hall–Kier alpha value is -3.62. The zero-order chi connectivity index (χ0) is 23.0. The highest BCUT2D eigenvalue weighted by atomic mass is 19.4. The van der Waals surface area contributed by atoms with Crippen molar-refractivity contribution in [3.63, 3.8) is 0 Å². The largest absolute Gasteiger partial charge is 0.465 e. The molecule has 2 N–H and O–H groups in total. The molecule has 2 rings (SSSR count). The molecule has 0 aromatic heterocycles. The number of carbonyl (C=O) groups excluding carboxylic acids is 3. The summed E-state index contributed by atoms with van der Waals surface area (Å²) < 4.78 is 43.4. The fourth-order valence-electron chi connectivity index (χ4n) is 2.66. The van der Waals surface area contributed by atoms with Crippen LogP contribution in [0.25, 0.3) is 0 Å². The summed E-state index contributed by atoms with van der Waals surface area (Å²) >= 11 is 0. The second kappa shape index (κ2) is 10.4. The molecule has 6 nitrogen and oxygen atoms in total. The smallest absolute Gasteiger partial charge is 0.416 e. The number of hydrogen-bond donors (Lipinski definition) is 2. The van der Waals surface area contributed by atoms with Gasteiger partial charge in [0, 0.05) is 24.2 Å². The normalized spacial score (nSPS) is 10.8. The maximum absolute atomic E-state index is 12.9. The van der Waals surface area contributed by atoms with Crippen LogP contribution in [-0.2, 0) is 22.3 Å². The van der Waals surface area contributed by atoms with Gasteiger partial charge in [-0.3, -0.25) is 9.59 Å². The Bertz CT molecular complexity index is 987. The highest BCUT2D eigenvalue weighted by molar-refractivity contribution is 6.05. The number of rotatable bonds is 8. The zero-order valence-corrected chi connectivity index (χ0v) is 16.7. The van der Waals surface area contributed by atoms with Crippen molar-refractivity contribution in [2.24, 2.45) is 0 Å². The van der Waals surface area contributed by atoms with Gasteiger partial charge in [-0.15, -0.1) is 6.58 Å². The van der Waals surface area contributed by atoms with Crippen LogP contribution in [-0.4, -0.2) is 24.9 Å². The predicted molar refractivity (Wildman–Crippen MR) is 108 cm³/mol. The maximum Gasteiger partial charge on any atom is 0.416 e. The van der Waals surface area contributed by atoms with Crippen molar-refractivity contribution in [3.8, 4) is 0 Å². The van der Waals surface area contributed by atoms with Gasteiger partial charge in [-0.1, -0.05) is 12.1 Å². The average molecular weight is 434 g/mol. The Morgan fingerprint density at radius 2 is 1.84 bits per heavy atom. The van der Waals surface area contributed by atoms with Crippen molar-refractivity contribution >= 4 is 23.5 Å². The molecule has 0 radical (unpaired) electrons. The number of amides is 2. The van der Waals surface area contributed by atoms with Gasteiger partial charge in [0.2, 0.25) is 5.91 Å². The second-order valence-corrected chi connectivity index (χ2v) is 6.55. The van der Waals surface area contributed by atoms with Gasteiger partial charge < -0.3 is 15.4 Å². The van der Waals surface area contributed by atoms with E-state index in [2.05, 4.69) is 17.2 Å². The van der Waals surface area contributed by atoms with Crippen molar-refractivity contribution in [1.29, 1.82) is 0 Å². The molecule has 0 saturated carbocycles. The molecule has 0 aliphatic carbocycles. The third kappa shape index (κ3) is 6.98. The summed E-state index contributed by atoms with van der Waals surface area (Å²) in [7, 11) is 1.19. The van der Waals surface area contributed by atoms with Crippen molar-refractivity contribution in [2.45, 2.75) is 25.6 Å². The van der Waals surface area contributed by atoms with Crippen LogP contribution in [0.4, 0.5) is 18.9 Å². The minimum absolute atomic E-state index is 0.0766. The molecular formula is C22H21F3N2O4. The molecule has 0 saturated heterocycles. The monoisotopic (exact) mass is 434 g/mol. The summed E-state index contributed by atoms with van der Waals surface area (Å²) in [5, 5.41) is 5.16. The van der Waals surface area contributed by atoms with Gasteiger partial charge in [0.1, 0.15) is 0 Å². The molecule has 0 heterocycles. The SMILES string of the molecule is C=CCCC(=O)NCc1cc(NC(=O)c2cccc(C(F)(F)F)c2)cc(C(=O)OC)c1. The lowest BCUT2D eigenvalue weighted by Gasteiger charge is -2.12. The van der Waals surface area contributed by atoms with E-state index in [0.717, 1.165) is 18.2 Å². The molecule has 2 amide bonds. The lowest BCUT2D eigenvalue weighted by molar-refractivity contribution is -0.137. The first-order valence-electron chi connectivity index (χ1n) is 9.22. The van der Waals surface area contributed by atoms with Crippen molar-refractivity contribution in [2.75, 3.05) is 12.4 Å². The van der Waals surface area contributed by atoms with E-state index in [1.165, 1.54) is 31.4 Å². The molecule has 9 heteroatoms. The van der Waals surface area contributed by atoms with Crippen LogP contribution in [0.5, 0.6) is 0 Å². The Morgan fingerprint density at radius 3 is 2.48 bits per heavy atom. The highest BCUT2D eigenvalue weighted by Gasteiger charge is 2.30. The molecule has 0 spiro atoms. The third-order valence-corrected chi connectivity index (χ3v) is 4.19. The maximum atomic E-state index is 12.9. The van der Waals surface area contributed by atoms with Crippen molar-refractivity contribution in [1.82, 2.24) is 5.32 Å². The van der Waals surface area contributed by atoms with Crippen molar-refractivity contribution < 1.29 is 32.3 Å². The molecule has 0 fully saturated rings. The van der Waals surface area contributed by atoms with Crippen LogP contribution in [0.3, 0.4) is 0 Å². The lowest BCUT2D eigenvalue weighted by Crippen LogP contribution is -2.22. The summed E-state index contributed by atoms with van der Waals surface area (Å²) in [5.41, 5.74) is -0.376. The number of benzene rings is 2. The third-order valence-electron chi connectivity index (χ3n) is 4.19. The number of alkyl halides is 3. The fourth-order valence-corrected chi connectivity index (χ4v) is 2.66. The average Bonchev–Trinajstić information content (AvgIpc) is 2.75. The summed E-state index contributed by atoms with van der Waals surface area (Å²) in [6.07, 6.45) is -2.22. The fraction of sp³-hybridized carbons (Fsp3) is 0.227. The standard InChI is InChI=1S/C22H21F3N2O4/c1-3-4-8-19(28)26-13-14-9-16(21(30)31-2)12-18(10-14)27-20(29)15-6-5-7-17(11-15)22(23,24)25/h3,5-7,9-12H,1,4,8,13H2,2H3,(H,26,28)(H,27,29). The number of anilines is 1. The summed E-state index contributed by atoms with van der Waals surface area (Å²) in [5.74, 6) is -1.68. The molecule has 0 bridgehead atoms. The molecule has 0 unspecified atom stereocenters. The number of halogens is 3. The topological polar surface area (TPSA) is 84.5 Å². The Kier molecular flexibility index (Phi) is 7.95. The van der Waals surface area contributed by atoms with Gasteiger partial charge in [-0.25, -0.2) is 4.79 Å². The summed E-state index contributed by atoms with van der Waals surface area (Å²) in [6, 6.07) is 8.30. The number of carbonyl (C=O) groups is 3. The van der Waals surface area contributed by atoms with Crippen LogP contribution in [0, 0.1) is 0 Å². The van der Waals surface area contributed by atoms with Crippen LogP contribution in [0.15, 0.2) is 55.1 Å². The van der Waals surface area contributed by atoms with Crippen LogP contribution < -0.4 is 10.6 Å². The van der Waals surface area contributed by atoms with E-state index in [0.29, 0.717) is 12.0 Å². The zero-order valence-electron chi connectivity index (χ0n) is 16.7. The van der Waals surface area contributed by atoms with Gasteiger partial charge in [-0.05, 0) is 48.4 Å². The lowest BCUT2D eigenvalue weighted by atomic mass is 10.1. The van der Waals surface area contributed by atoms with E-state index in [4.69, 9.17) is 4.74 Å². The van der Waals surface area contributed by atoms with E-state index in [-0.39, 0.29) is 35.7 Å². The number of esters is 1. The van der Waals surface area contributed by atoms with Crippen LogP contribution in [0.1, 0.15) is 44.7 Å². The number of ether oxygens (including phenoxy) is 1.